The molecule has 118 valence electrons. The molecule has 0 saturated heterocycles. The van der Waals surface area contributed by atoms with Crippen LogP contribution in [0.2, 0.25) is 0 Å². The molecule has 2 rings (SSSR count). The molecule has 1 aliphatic rings. The third kappa shape index (κ3) is 4.28. The maximum atomic E-state index is 12.4. The average molecular weight is 311 g/mol. The van der Waals surface area contributed by atoms with Crippen LogP contribution in [0.15, 0.2) is 23.1 Å². The largest absolute Gasteiger partial charge is 0.389 e. The van der Waals surface area contributed by atoms with E-state index in [-0.39, 0.29) is 11.4 Å². The molecule has 0 spiro atoms. The lowest BCUT2D eigenvalue weighted by atomic mass is 9.79. The van der Waals surface area contributed by atoms with E-state index >= 15 is 0 Å². The highest BCUT2D eigenvalue weighted by atomic mass is 32.2. The van der Waals surface area contributed by atoms with E-state index in [1.807, 2.05) is 19.9 Å². The van der Waals surface area contributed by atoms with Crippen molar-refractivity contribution in [3.8, 4) is 0 Å². The van der Waals surface area contributed by atoms with Crippen LogP contribution in [-0.4, -0.2) is 25.7 Å². The Kier molecular flexibility index (Phi) is 4.76. The van der Waals surface area contributed by atoms with Gasteiger partial charge >= 0.3 is 0 Å². The molecule has 0 aliphatic heterocycles. The van der Waals surface area contributed by atoms with Gasteiger partial charge in [0.2, 0.25) is 10.0 Å². The summed E-state index contributed by atoms with van der Waals surface area (Å²) in [5.74, 6) is 0.439. The van der Waals surface area contributed by atoms with Gasteiger partial charge in [-0.15, -0.1) is 0 Å². The number of rotatable bonds is 4. The molecule has 5 heteroatoms. The molecule has 2 unspecified atom stereocenters. The lowest BCUT2D eigenvalue weighted by Crippen LogP contribution is -2.45. The van der Waals surface area contributed by atoms with Crippen molar-refractivity contribution in [1.29, 1.82) is 0 Å². The van der Waals surface area contributed by atoms with Crippen LogP contribution in [0.5, 0.6) is 0 Å². The topological polar surface area (TPSA) is 66.4 Å². The minimum Gasteiger partial charge on any atom is -0.389 e. The monoisotopic (exact) mass is 311 g/mol. The standard InChI is InChI=1S/C16H25NO3S/c1-12-5-4-6-16(18,10-12)11-17-21(19,20)15-8-13(2)7-14(3)9-15/h7-9,12,17-18H,4-6,10-11H2,1-3H3. The van der Waals surface area contributed by atoms with Crippen molar-refractivity contribution < 1.29 is 13.5 Å². The van der Waals surface area contributed by atoms with Gasteiger partial charge in [0.25, 0.3) is 0 Å². The zero-order valence-corrected chi connectivity index (χ0v) is 13.8. The molecule has 0 radical (unpaired) electrons. The predicted octanol–water partition coefficient (Wildman–Crippen LogP) is 2.52. The van der Waals surface area contributed by atoms with Crippen molar-refractivity contribution in [3.05, 3.63) is 29.3 Å². The van der Waals surface area contributed by atoms with Crippen molar-refractivity contribution in [2.75, 3.05) is 6.54 Å². The Hall–Kier alpha value is -0.910. The summed E-state index contributed by atoms with van der Waals surface area (Å²) in [6, 6.07) is 5.25. The van der Waals surface area contributed by atoms with Gasteiger partial charge < -0.3 is 5.11 Å². The van der Waals surface area contributed by atoms with Crippen molar-refractivity contribution in [1.82, 2.24) is 4.72 Å². The van der Waals surface area contributed by atoms with Crippen LogP contribution in [0.1, 0.15) is 43.7 Å². The fourth-order valence-electron chi connectivity index (χ4n) is 3.19. The number of hydrogen-bond acceptors (Lipinski definition) is 3. The van der Waals surface area contributed by atoms with Gasteiger partial charge in [0.1, 0.15) is 0 Å². The van der Waals surface area contributed by atoms with E-state index in [9.17, 15) is 13.5 Å². The van der Waals surface area contributed by atoms with Gasteiger partial charge in [-0.25, -0.2) is 13.1 Å². The normalized spacial score (nSPS) is 26.8. The molecule has 2 atom stereocenters. The second-order valence-electron chi connectivity index (χ2n) is 6.57. The third-order valence-corrected chi connectivity index (χ3v) is 5.54. The fourth-order valence-corrected chi connectivity index (χ4v) is 4.50. The molecule has 4 nitrogen and oxygen atoms in total. The highest BCUT2D eigenvalue weighted by Crippen LogP contribution is 2.32. The Morgan fingerprint density at radius 2 is 1.90 bits per heavy atom. The first kappa shape index (κ1) is 16.5. The van der Waals surface area contributed by atoms with Gasteiger partial charge in [-0.05, 0) is 55.9 Å². The second-order valence-corrected chi connectivity index (χ2v) is 8.34. The van der Waals surface area contributed by atoms with E-state index in [0.29, 0.717) is 18.8 Å². The summed E-state index contributed by atoms with van der Waals surface area (Å²) >= 11 is 0. The number of sulfonamides is 1. The van der Waals surface area contributed by atoms with E-state index in [1.165, 1.54) is 0 Å². The van der Waals surface area contributed by atoms with Gasteiger partial charge in [-0.1, -0.05) is 25.8 Å². The number of benzene rings is 1. The molecule has 0 heterocycles. The van der Waals surface area contributed by atoms with Crippen molar-refractivity contribution in [2.24, 2.45) is 5.92 Å². The van der Waals surface area contributed by atoms with Crippen molar-refractivity contribution in [3.63, 3.8) is 0 Å². The van der Waals surface area contributed by atoms with Crippen LogP contribution >= 0.6 is 0 Å². The molecule has 2 N–H and O–H groups in total. The minimum atomic E-state index is -3.57. The Bertz CT molecular complexity index is 592. The third-order valence-electron chi connectivity index (χ3n) is 4.16. The lowest BCUT2D eigenvalue weighted by Gasteiger charge is -2.35. The molecule has 0 amide bonds. The summed E-state index contributed by atoms with van der Waals surface area (Å²) < 4.78 is 27.3. The maximum Gasteiger partial charge on any atom is 0.240 e. The molecule has 1 aromatic rings. The summed E-state index contributed by atoms with van der Waals surface area (Å²) in [5.41, 5.74) is 0.921. The zero-order chi connectivity index (χ0) is 15.7. The molecule has 0 aromatic heterocycles. The predicted molar refractivity (Wildman–Crippen MR) is 83.7 cm³/mol. The number of nitrogens with one attached hydrogen (secondary N) is 1. The SMILES string of the molecule is Cc1cc(C)cc(S(=O)(=O)NCC2(O)CCCC(C)C2)c1. The van der Waals surface area contributed by atoms with Crippen LogP contribution in [-0.2, 0) is 10.0 Å². The van der Waals surface area contributed by atoms with Gasteiger partial charge in [-0.3, -0.25) is 0 Å². The zero-order valence-electron chi connectivity index (χ0n) is 13.0. The molecule has 21 heavy (non-hydrogen) atoms. The molecule has 1 aliphatic carbocycles. The van der Waals surface area contributed by atoms with E-state index in [0.717, 1.165) is 24.0 Å². The first-order chi connectivity index (χ1) is 9.70. The van der Waals surface area contributed by atoms with Crippen LogP contribution in [0.25, 0.3) is 0 Å². The van der Waals surface area contributed by atoms with Gasteiger partial charge in [0.05, 0.1) is 10.5 Å². The molecule has 1 saturated carbocycles. The summed E-state index contributed by atoms with van der Waals surface area (Å²) in [4.78, 5) is 0.271. The first-order valence-electron chi connectivity index (χ1n) is 7.51. The molecular formula is C16H25NO3S. The quantitative estimate of drug-likeness (QED) is 0.898. The van der Waals surface area contributed by atoms with Gasteiger partial charge in [0.15, 0.2) is 0 Å². The van der Waals surface area contributed by atoms with Gasteiger partial charge in [0, 0.05) is 6.54 Å². The number of aliphatic hydroxyl groups is 1. The summed E-state index contributed by atoms with van der Waals surface area (Å²) in [7, 11) is -3.57. The van der Waals surface area contributed by atoms with E-state index in [1.54, 1.807) is 12.1 Å². The van der Waals surface area contributed by atoms with Crippen molar-refractivity contribution in [2.45, 2.75) is 57.0 Å². The van der Waals surface area contributed by atoms with Crippen LogP contribution in [0, 0.1) is 19.8 Å². The fraction of sp³-hybridized carbons (Fsp3) is 0.625. The Labute approximate surface area is 127 Å². The summed E-state index contributed by atoms with van der Waals surface area (Å²) in [6.45, 7) is 5.94. The lowest BCUT2D eigenvalue weighted by molar-refractivity contribution is -0.00751. The van der Waals surface area contributed by atoms with Crippen molar-refractivity contribution >= 4 is 10.0 Å². The minimum absolute atomic E-state index is 0.0899. The Morgan fingerprint density at radius 1 is 1.29 bits per heavy atom. The van der Waals surface area contributed by atoms with E-state index < -0.39 is 15.6 Å². The van der Waals surface area contributed by atoms with E-state index in [4.69, 9.17) is 0 Å². The summed E-state index contributed by atoms with van der Waals surface area (Å²) in [6.07, 6.45) is 3.37. The smallest absolute Gasteiger partial charge is 0.240 e. The van der Waals surface area contributed by atoms with Crippen LogP contribution in [0.4, 0.5) is 0 Å². The average Bonchev–Trinajstić information content (AvgIpc) is 2.35. The van der Waals surface area contributed by atoms with E-state index in [2.05, 4.69) is 11.6 Å². The summed E-state index contributed by atoms with van der Waals surface area (Å²) in [5, 5.41) is 10.5. The Morgan fingerprint density at radius 3 is 2.48 bits per heavy atom. The molecular weight excluding hydrogens is 286 g/mol. The van der Waals surface area contributed by atoms with Crippen LogP contribution < -0.4 is 4.72 Å². The maximum absolute atomic E-state index is 12.4. The highest BCUT2D eigenvalue weighted by molar-refractivity contribution is 7.89. The first-order valence-corrected chi connectivity index (χ1v) is 8.99. The molecule has 1 aromatic carbocycles. The molecule has 1 fully saturated rings. The highest BCUT2D eigenvalue weighted by Gasteiger charge is 2.33. The molecule has 0 bridgehead atoms. The number of hydrogen-bond donors (Lipinski definition) is 2. The second kappa shape index (κ2) is 6.07. The Balaban J connectivity index is 2.11. The van der Waals surface area contributed by atoms with Crippen LogP contribution in [0.3, 0.4) is 0 Å². The van der Waals surface area contributed by atoms with Gasteiger partial charge in [-0.2, -0.15) is 0 Å². The number of aryl methyl sites for hydroxylation is 2.